The van der Waals surface area contributed by atoms with Gasteiger partial charge in [0, 0.05) is 42.3 Å². The van der Waals surface area contributed by atoms with E-state index in [1.165, 1.54) is 16.9 Å². The van der Waals surface area contributed by atoms with Crippen LogP contribution in [0.2, 0.25) is 0 Å². The summed E-state index contributed by atoms with van der Waals surface area (Å²) in [5.74, 6) is -2.50. The number of aryl methyl sites for hydroxylation is 1. The van der Waals surface area contributed by atoms with Gasteiger partial charge < -0.3 is 38.6 Å². The van der Waals surface area contributed by atoms with E-state index in [1.807, 2.05) is 13.0 Å². The lowest BCUT2D eigenvalue weighted by Crippen LogP contribution is -2.56. The number of hydrogen-bond acceptors (Lipinski definition) is 13. The monoisotopic (exact) mass is 833 g/mol. The first kappa shape index (κ1) is 44.1. The second kappa shape index (κ2) is 18.0. The van der Waals surface area contributed by atoms with Crippen molar-refractivity contribution in [3.8, 4) is 16.9 Å². The Morgan fingerprint density at radius 1 is 0.917 bits per heavy atom. The summed E-state index contributed by atoms with van der Waals surface area (Å²) in [7, 11) is 2.76. The first-order valence-electron chi connectivity index (χ1n) is 20.4. The van der Waals surface area contributed by atoms with E-state index >= 15 is 0 Å². The van der Waals surface area contributed by atoms with Gasteiger partial charge in [-0.05, 0) is 101 Å². The van der Waals surface area contributed by atoms with Crippen LogP contribution in [-0.2, 0) is 51.1 Å². The Labute approximate surface area is 349 Å². The summed E-state index contributed by atoms with van der Waals surface area (Å²) in [5, 5.41) is 2.57. The molecule has 0 radical (unpaired) electrons. The zero-order chi connectivity index (χ0) is 43.6. The van der Waals surface area contributed by atoms with Gasteiger partial charge in [0.1, 0.15) is 36.1 Å². The Hall–Kier alpha value is -5.51. The minimum absolute atomic E-state index is 0.0968. The summed E-state index contributed by atoms with van der Waals surface area (Å²) in [5.41, 5.74) is 2.98. The van der Waals surface area contributed by atoms with Crippen LogP contribution in [0.3, 0.4) is 0 Å². The number of carbonyl (C=O) groups excluding carboxylic acids is 7. The molecule has 0 bridgehead atoms. The Morgan fingerprint density at radius 2 is 1.67 bits per heavy atom. The molecule has 60 heavy (non-hydrogen) atoms. The maximum Gasteiger partial charge on any atom is 0.411 e. The van der Waals surface area contributed by atoms with Gasteiger partial charge in [-0.3, -0.25) is 19.3 Å². The molecule has 3 heterocycles. The molecule has 3 amide bonds. The van der Waals surface area contributed by atoms with Crippen LogP contribution in [0.4, 0.5) is 9.59 Å². The first-order chi connectivity index (χ1) is 28.4. The topological polar surface area (TPSA) is 193 Å². The average Bonchev–Trinajstić information content (AvgIpc) is 3.82. The number of benzene rings is 2. The maximum atomic E-state index is 13.8. The summed E-state index contributed by atoms with van der Waals surface area (Å²) in [6.45, 7) is 10.8. The molecule has 1 N–H and O–H groups in total. The highest BCUT2D eigenvalue weighted by atomic mass is 16.6. The van der Waals surface area contributed by atoms with E-state index in [0.29, 0.717) is 49.2 Å². The quantitative estimate of drug-likeness (QED) is 0.180. The van der Waals surface area contributed by atoms with E-state index in [2.05, 4.69) is 5.32 Å². The fourth-order valence-electron chi connectivity index (χ4n) is 8.41. The highest BCUT2D eigenvalue weighted by Gasteiger charge is 2.45. The number of likely N-dealkylation sites (tertiary alicyclic amines) is 2. The number of methoxy groups -OCH3 is 2. The standard InChI is InChI=1S/C44H55N3O13/c1-23(2)37(45-42(53)56-8)39(50)47-24(3)9-13-32(47)41(52)59-35-14-11-26-17-31-29-12-10-27(16-28(29)21-57-36(31)18-30(26)38(35)49)34(48)22-58-40(51)33-15-25(20-55-7)19-46(33)43(54)60-44(4,5)6/h10,12,16-18,23-25,32-33,35,37H,9,11,13-15,19-22H2,1-8H3,(H,45,53)/t24-,25+,32-,33?,35?,37-/m0/s1. The van der Waals surface area contributed by atoms with E-state index in [4.69, 9.17) is 28.4 Å². The Morgan fingerprint density at radius 3 is 2.35 bits per heavy atom. The molecule has 2 fully saturated rings. The second-order valence-electron chi connectivity index (χ2n) is 17.3. The third-order valence-corrected chi connectivity index (χ3v) is 11.4. The predicted molar refractivity (Wildman–Crippen MR) is 214 cm³/mol. The molecule has 3 aliphatic heterocycles. The molecule has 2 aromatic carbocycles. The molecule has 2 unspecified atom stereocenters. The van der Waals surface area contributed by atoms with Crippen molar-refractivity contribution in [1.29, 1.82) is 0 Å². The van der Waals surface area contributed by atoms with E-state index in [9.17, 15) is 33.6 Å². The molecule has 16 nitrogen and oxygen atoms in total. The largest absolute Gasteiger partial charge is 0.488 e. The normalized spacial score (nSPS) is 22.5. The SMILES string of the molecule is COC[C@@H]1CC(C(=O)OCC(=O)c2ccc3c(c2)COc2cc4c(cc2-3)CCC(OC(=O)[C@@H]2CC[C@H](C)N2C(=O)[C@@H](NC(=O)OC)C(C)C)C4=O)N(C(=O)OC(C)(C)C)C1. The van der Waals surface area contributed by atoms with Gasteiger partial charge >= 0.3 is 24.1 Å². The maximum absolute atomic E-state index is 13.8. The van der Waals surface area contributed by atoms with Crippen molar-refractivity contribution in [3.63, 3.8) is 0 Å². The van der Waals surface area contributed by atoms with Crippen molar-refractivity contribution in [2.75, 3.05) is 34.0 Å². The molecule has 2 aromatic rings. The first-order valence-corrected chi connectivity index (χ1v) is 20.4. The number of alkyl carbamates (subject to hydrolysis) is 1. The van der Waals surface area contributed by atoms with Crippen LogP contribution in [0.1, 0.15) is 99.1 Å². The number of esters is 2. The van der Waals surface area contributed by atoms with Crippen molar-refractivity contribution in [1.82, 2.24) is 15.1 Å². The van der Waals surface area contributed by atoms with Crippen LogP contribution >= 0.6 is 0 Å². The highest BCUT2D eigenvalue weighted by molar-refractivity contribution is 6.04. The summed E-state index contributed by atoms with van der Waals surface area (Å²) < 4.78 is 32.9. The Kier molecular flexibility index (Phi) is 13.2. The lowest BCUT2D eigenvalue weighted by molar-refractivity contribution is -0.158. The van der Waals surface area contributed by atoms with Crippen LogP contribution in [0.15, 0.2) is 30.3 Å². The number of Topliss-reactive ketones (excluding diaryl/α,β-unsaturated/α-hetero) is 2. The summed E-state index contributed by atoms with van der Waals surface area (Å²) in [4.78, 5) is 95.3. The molecule has 1 aliphatic carbocycles. The van der Waals surface area contributed by atoms with E-state index < -0.39 is 72.3 Å². The lowest BCUT2D eigenvalue weighted by Gasteiger charge is -2.33. The predicted octanol–water partition coefficient (Wildman–Crippen LogP) is 5.04. The number of rotatable bonds is 11. The van der Waals surface area contributed by atoms with Gasteiger partial charge in [0.05, 0.1) is 13.7 Å². The van der Waals surface area contributed by atoms with Crippen molar-refractivity contribution >= 4 is 41.6 Å². The molecule has 6 rings (SSSR count). The summed E-state index contributed by atoms with van der Waals surface area (Å²) >= 11 is 0. The van der Waals surface area contributed by atoms with E-state index in [0.717, 1.165) is 22.3 Å². The fraction of sp³-hybridized carbons (Fsp3) is 0.568. The Bertz CT molecular complexity index is 2040. The van der Waals surface area contributed by atoms with Gasteiger partial charge in [0.25, 0.3) is 0 Å². The lowest BCUT2D eigenvalue weighted by atomic mass is 9.84. The number of carbonyl (C=O) groups is 7. The minimum Gasteiger partial charge on any atom is -0.488 e. The van der Waals surface area contributed by atoms with E-state index in [1.54, 1.807) is 66.0 Å². The minimum atomic E-state index is -1.05. The zero-order valence-corrected chi connectivity index (χ0v) is 35.5. The second-order valence-corrected chi connectivity index (χ2v) is 17.3. The van der Waals surface area contributed by atoms with Gasteiger partial charge in [0.2, 0.25) is 11.7 Å². The molecular weight excluding hydrogens is 778 g/mol. The van der Waals surface area contributed by atoms with Crippen LogP contribution in [0, 0.1) is 11.8 Å². The van der Waals surface area contributed by atoms with Crippen LogP contribution in [-0.4, -0.2) is 121 Å². The molecule has 0 saturated carbocycles. The molecule has 0 spiro atoms. The smallest absolute Gasteiger partial charge is 0.411 e. The van der Waals surface area contributed by atoms with Crippen molar-refractivity contribution in [3.05, 3.63) is 52.6 Å². The van der Waals surface area contributed by atoms with Crippen molar-refractivity contribution < 1.29 is 62.0 Å². The molecule has 4 aliphatic rings. The number of nitrogens with one attached hydrogen (secondary N) is 1. The van der Waals surface area contributed by atoms with Gasteiger partial charge in [-0.2, -0.15) is 0 Å². The van der Waals surface area contributed by atoms with Crippen molar-refractivity contribution in [2.45, 2.75) is 116 Å². The van der Waals surface area contributed by atoms with E-state index in [-0.39, 0.29) is 43.2 Å². The van der Waals surface area contributed by atoms with Gasteiger partial charge in [-0.1, -0.05) is 26.0 Å². The van der Waals surface area contributed by atoms with Crippen molar-refractivity contribution in [2.24, 2.45) is 11.8 Å². The van der Waals surface area contributed by atoms with Gasteiger partial charge in [-0.15, -0.1) is 0 Å². The molecule has 2 saturated heterocycles. The number of amides is 3. The fourth-order valence-corrected chi connectivity index (χ4v) is 8.41. The summed E-state index contributed by atoms with van der Waals surface area (Å²) in [6.07, 6.45) is -0.538. The van der Waals surface area contributed by atoms with Crippen LogP contribution in [0.25, 0.3) is 11.1 Å². The van der Waals surface area contributed by atoms with Gasteiger partial charge in [-0.25, -0.2) is 19.2 Å². The van der Waals surface area contributed by atoms with Gasteiger partial charge in [0.15, 0.2) is 18.5 Å². The number of fused-ring (bicyclic) bond motifs is 4. The number of nitrogens with zero attached hydrogens (tertiary/aromatic N) is 2. The molecular formula is C44H55N3O13. The molecule has 16 heteroatoms. The summed E-state index contributed by atoms with van der Waals surface area (Å²) in [6, 6.07) is 5.65. The molecule has 6 atom stereocenters. The Balaban J connectivity index is 1.10. The molecule has 0 aromatic heterocycles. The van der Waals surface area contributed by atoms with Crippen LogP contribution in [0.5, 0.6) is 5.75 Å². The zero-order valence-electron chi connectivity index (χ0n) is 35.5. The number of hydrogen-bond donors (Lipinski definition) is 1. The number of ketones is 2. The molecule has 324 valence electrons. The third kappa shape index (κ3) is 9.43. The third-order valence-electron chi connectivity index (χ3n) is 11.4. The average molecular weight is 834 g/mol. The number of ether oxygens (including phenoxy) is 6. The highest BCUT2D eigenvalue weighted by Crippen LogP contribution is 2.42. The van der Waals surface area contributed by atoms with Crippen LogP contribution < -0.4 is 10.1 Å².